The van der Waals surface area contributed by atoms with Crippen LogP contribution in [0.15, 0.2) is 48.1 Å². The van der Waals surface area contributed by atoms with Crippen LogP contribution < -0.4 is 10.2 Å². The minimum Gasteiger partial charge on any atom is -0.504 e. The molecule has 0 bridgehead atoms. The lowest BCUT2D eigenvalue weighted by Gasteiger charge is -2.33. The second kappa shape index (κ2) is 12.0. The predicted molar refractivity (Wildman–Crippen MR) is 140 cm³/mol. The minimum atomic E-state index is -1.17. The lowest BCUT2D eigenvalue weighted by molar-refractivity contribution is -0.135. The highest BCUT2D eigenvalue weighted by Gasteiger charge is 2.23. The third-order valence-electron chi connectivity index (χ3n) is 7.05. The van der Waals surface area contributed by atoms with Crippen LogP contribution in [0.3, 0.4) is 0 Å². The fraction of sp³-hybridized carbons (Fsp3) is 0.429. The molecule has 1 saturated heterocycles. The average molecular weight is 507 g/mol. The van der Waals surface area contributed by atoms with Crippen LogP contribution in [0.25, 0.3) is 0 Å². The van der Waals surface area contributed by atoms with Gasteiger partial charge < -0.3 is 25.5 Å². The molecule has 0 radical (unpaired) electrons. The Morgan fingerprint density at radius 2 is 1.84 bits per heavy atom. The SMILES string of the molecule is Cc1nc(CC2CCN(c3ccc(CC4C=CC(CO)=CC4)cc3)CC2)nc(C(=O)NCC(=O)O)c1O. The molecule has 1 aromatic heterocycles. The van der Waals surface area contributed by atoms with Crippen molar-refractivity contribution in [1.82, 2.24) is 15.3 Å². The van der Waals surface area contributed by atoms with E-state index in [9.17, 15) is 19.8 Å². The third-order valence-corrected chi connectivity index (χ3v) is 7.05. The number of nitrogens with zero attached hydrogens (tertiary/aromatic N) is 3. The molecule has 1 atom stereocenters. The molecule has 2 heterocycles. The zero-order valence-corrected chi connectivity index (χ0v) is 21.1. The van der Waals surface area contributed by atoms with Gasteiger partial charge in [-0.15, -0.1) is 0 Å². The molecule has 1 fully saturated rings. The van der Waals surface area contributed by atoms with Crippen LogP contribution in [0.5, 0.6) is 5.75 Å². The van der Waals surface area contributed by atoms with E-state index < -0.39 is 18.4 Å². The zero-order valence-electron chi connectivity index (χ0n) is 21.1. The number of rotatable bonds is 9. The first-order valence-electron chi connectivity index (χ1n) is 12.7. The van der Waals surface area contributed by atoms with Gasteiger partial charge in [0.15, 0.2) is 11.4 Å². The molecule has 2 aliphatic rings. The molecule has 1 amide bonds. The summed E-state index contributed by atoms with van der Waals surface area (Å²) in [4.78, 5) is 34.0. The van der Waals surface area contributed by atoms with Crippen molar-refractivity contribution in [3.8, 4) is 5.75 Å². The molecular formula is C28H34N4O5. The maximum atomic E-state index is 12.3. The van der Waals surface area contributed by atoms with Gasteiger partial charge in [0.2, 0.25) is 0 Å². The Kier molecular flexibility index (Phi) is 8.55. The van der Waals surface area contributed by atoms with Crippen molar-refractivity contribution in [2.24, 2.45) is 11.8 Å². The first-order valence-corrected chi connectivity index (χ1v) is 12.7. The van der Waals surface area contributed by atoms with Gasteiger partial charge in [-0.1, -0.05) is 30.4 Å². The fourth-order valence-electron chi connectivity index (χ4n) is 4.89. The number of aromatic nitrogens is 2. The molecule has 1 aliphatic carbocycles. The van der Waals surface area contributed by atoms with Crippen molar-refractivity contribution in [2.75, 3.05) is 31.1 Å². The molecule has 1 aromatic carbocycles. The molecular weight excluding hydrogens is 472 g/mol. The molecule has 1 aliphatic heterocycles. The van der Waals surface area contributed by atoms with Crippen molar-refractivity contribution >= 4 is 17.6 Å². The van der Waals surface area contributed by atoms with Gasteiger partial charge in [0, 0.05) is 25.2 Å². The van der Waals surface area contributed by atoms with Crippen LogP contribution in [0, 0.1) is 18.8 Å². The van der Waals surface area contributed by atoms with Crippen LogP contribution >= 0.6 is 0 Å². The highest BCUT2D eigenvalue weighted by Crippen LogP contribution is 2.28. The van der Waals surface area contributed by atoms with Gasteiger partial charge in [0.25, 0.3) is 5.91 Å². The highest BCUT2D eigenvalue weighted by atomic mass is 16.4. The molecule has 9 nitrogen and oxygen atoms in total. The summed E-state index contributed by atoms with van der Waals surface area (Å²) in [6.45, 7) is 2.98. The molecule has 0 saturated carbocycles. The largest absolute Gasteiger partial charge is 0.504 e. The number of benzene rings is 1. The number of aliphatic hydroxyl groups is 1. The number of allylic oxidation sites excluding steroid dienone is 2. The molecule has 2 aromatic rings. The summed E-state index contributed by atoms with van der Waals surface area (Å²) >= 11 is 0. The van der Waals surface area contributed by atoms with E-state index in [2.05, 4.69) is 56.6 Å². The Labute approximate surface area is 216 Å². The number of aromatic hydroxyl groups is 1. The Morgan fingerprint density at radius 1 is 1.11 bits per heavy atom. The van der Waals surface area contributed by atoms with Crippen molar-refractivity contribution in [3.63, 3.8) is 0 Å². The second-order valence-electron chi connectivity index (χ2n) is 9.80. The monoisotopic (exact) mass is 506 g/mol. The number of carboxylic acid groups (broad SMARTS) is 1. The molecule has 0 spiro atoms. The van der Waals surface area contributed by atoms with E-state index in [-0.39, 0.29) is 18.1 Å². The lowest BCUT2D eigenvalue weighted by Crippen LogP contribution is -2.34. The third kappa shape index (κ3) is 6.95. The number of carbonyl (C=O) groups is 2. The van der Waals surface area contributed by atoms with E-state index in [1.165, 1.54) is 11.3 Å². The number of aliphatic hydroxyl groups excluding tert-OH is 1. The Hall–Kier alpha value is -3.72. The number of piperidine rings is 1. The van der Waals surface area contributed by atoms with Gasteiger partial charge >= 0.3 is 5.97 Å². The normalized spacial score (nSPS) is 17.9. The standard InChI is InChI=1S/C28H34N4O5/c1-18-27(36)26(28(37)29-16-25(34)35)31-24(30-18)15-21-10-12-32(13-11-21)23-8-6-20(7-9-23)14-19-2-4-22(17-33)5-3-19/h2,4-9,19,21,33,36H,3,10-17H2,1H3,(H,29,37)(H,34,35). The first kappa shape index (κ1) is 26.3. The van der Waals surface area contributed by atoms with Crippen LogP contribution in [0.4, 0.5) is 5.69 Å². The maximum Gasteiger partial charge on any atom is 0.322 e. The highest BCUT2D eigenvalue weighted by molar-refractivity contribution is 5.96. The number of carboxylic acids is 1. The summed E-state index contributed by atoms with van der Waals surface area (Å²) < 4.78 is 0. The Balaban J connectivity index is 1.30. The number of amides is 1. The molecule has 196 valence electrons. The van der Waals surface area contributed by atoms with E-state index in [4.69, 9.17) is 5.11 Å². The number of aryl methyl sites for hydroxylation is 1. The van der Waals surface area contributed by atoms with Gasteiger partial charge in [-0.3, -0.25) is 9.59 Å². The Bertz CT molecular complexity index is 1180. The number of hydrogen-bond donors (Lipinski definition) is 4. The van der Waals surface area contributed by atoms with E-state index >= 15 is 0 Å². The maximum absolute atomic E-state index is 12.3. The summed E-state index contributed by atoms with van der Waals surface area (Å²) in [5, 5.41) is 30.4. The van der Waals surface area contributed by atoms with Crippen LogP contribution in [-0.2, 0) is 17.6 Å². The quantitative estimate of drug-likeness (QED) is 0.408. The van der Waals surface area contributed by atoms with E-state index in [0.29, 0.717) is 29.8 Å². The molecule has 37 heavy (non-hydrogen) atoms. The number of nitrogens with one attached hydrogen (secondary N) is 1. The predicted octanol–water partition coefficient (Wildman–Crippen LogP) is 2.80. The second-order valence-corrected chi connectivity index (χ2v) is 9.80. The van der Waals surface area contributed by atoms with Crippen molar-refractivity contribution < 1.29 is 24.9 Å². The van der Waals surface area contributed by atoms with Gasteiger partial charge in [-0.2, -0.15) is 0 Å². The van der Waals surface area contributed by atoms with Gasteiger partial charge in [0.05, 0.1) is 12.3 Å². The average Bonchev–Trinajstić information content (AvgIpc) is 2.90. The topological polar surface area (TPSA) is 136 Å². The number of anilines is 1. The van der Waals surface area contributed by atoms with Crippen molar-refractivity contribution in [2.45, 2.75) is 39.0 Å². The van der Waals surface area contributed by atoms with Crippen LogP contribution in [-0.4, -0.2) is 63.4 Å². The van der Waals surface area contributed by atoms with Gasteiger partial charge in [0.1, 0.15) is 12.4 Å². The summed E-state index contributed by atoms with van der Waals surface area (Å²) in [5.74, 6) is -0.921. The molecule has 9 heteroatoms. The number of aliphatic carboxylic acids is 1. The summed E-state index contributed by atoms with van der Waals surface area (Å²) in [7, 11) is 0. The van der Waals surface area contributed by atoms with Crippen molar-refractivity contribution in [3.05, 3.63) is 70.8 Å². The van der Waals surface area contributed by atoms with Crippen molar-refractivity contribution in [1.29, 1.82) is 0 Å². The van der Waals surface area contributed by atoms with Gasteiger partial charge in [-0.25, -0.2) is 9.97 Å². The van der Waals surface area contributed by atoms with Crippen LogP contribution in [0.1, 0.15) is 46.8 Å². The summed E-state index contributed by atoms with van der Waals surface area (Å²) in [6.07, 6.45) is 10.8. The molecule has 4 N–H and O–H groups in total. The number of hydrogen-bond acceptors (Lipinski definition) is 7. The number of carbonyl (C=O) groups excluding carboxylic acids is 1. The van der Waals surface area contributed by atoms with E-state index in [1.54, 1.807) is 6.92 Å². The summed E-state index contributed by atoms with van der Waals surface area (Å²) in [6, 6.07) is 8.77. The lowest BCUT2D eigenvalue weighted by atomic mass is 9.90. The zero-order chi connectivity index (χ0) is 26.4. The summed E-state index contributed by atoms with van der Waals surface area (Å²) in [5.41, 5.74) is 3.62. The smallest absolute Gasteiger partial charge is 0.322 e. The fourth-order valence-corrected chi connectivity index (χ4v) is 4.89. The molecule has 1 unspecified atom stereocenters. The first-order chi connectivity index (χ1) is 17.8. The Morgan fingerprint density at radius 3 is 2.46 bits per heavy atom. The van der Waals surface area contributed by atoms with E-state index in [1.807, 2.05) is 6.08 Å². The van der Waals surface area contributed by atoms with Crippen LogP contribution in [0.2, 0.25) is 0 Å². The minimum absolute atomic E-state index is 0.100. The van der Waals surface area contributed by atoms with E-state index in [0.717, 1.165) is 44.3 Å². The van der Waals surface area contributed by atoms with Gasteiger partial charge in [-0.05, 0) is 67.7 Å². The molecule has 4 rings (SSSR count).